The predicted octanol–water partition coefficient (Wildman–Crippen LogP) is 10.9. The summed E-state index contributed by atoms with van der Waals surface area (Å²) in [5, 5.41) is 2.32. The van der Waals surface area contributed by atoms with Crippen LogP contribution < -0.4 is 5.56 Å². The fourth-order valence-electron chi connectivity index (χ4n) is 7.48. The maximum Gasteiger partial charge on any atom is 0.265 e. The van der Waals surface area contributed by atoms with E-state index in [0.717, 1.165) is 66.4 Å². The van der Waals surface area contributed by atoms with E-state index in [1.54, 1.807) is 0 Å². The highest BCUT2D eigenvalue weighted by Crippen LogP contribution is 2.38. The van der Waals surface area contributed by atoms with Gasteiger partial charge in [0.25, 0.3) is 5.56 Å². The lowest BCUT2D eigenvalue weighted by Gasteiger charge is -2.16. The lowest BCUT2D eigenvalue weighted by Crippen LogP contribution is -2.19. The molecule has 10 aromatic rings. The Morgan fingerprint density at radius 3 is 1.52 bits per heavy atom. The van der Waals surface area contributed by atoms with Crippen LogP contribution >= 0.6 is 0 Å². The van der Waals surface area contributed by atoms with E-state index in [2.05, 4.69) is 71.3 Å². The van der Waals surface area contributed by atoms with Crippen molar-refractivity contribution < 1.29 is 0 Å². The number of para-hydroxylation sites is 2. The normalized spacial score (nSPS) is 11.4. The van der Waals surface area contributed by atoms with Crippen LogP contribution in [0.25, 0.3) is 89.4 Å². The van der Waals surface area contributed by atoms with Gasteiger partial charge in [0.2, 0.25) is 5.95 Å². The molecule has 3 heterocycles. The first-order valence-corrected chi connectivity index (χ1v) is 17.9. The third-order valence-corrected chi connectivity index (χ3v) is 9.99. The molecule has 254 valence electrons. The van der Waals surface area contributed by atoms with Crippen LogP contribution in [0, 0.1) is 0 Å². The van der Waals surface area contributed by atoms with E-state index in [9.17, 15) is 0 Å². The fraction of sp³-hybridized carbons (Fsp3) is 0. The summed E-state index contributed by atoms with van der Waals surface area (Å²) in [7, 11) is 0. The second kappa shape index (κ2) is 13.0. The Balaban J connectivity index is 1.33. The average molecular weight is 694 g/mol. The highest BCUT2D eigenvalue weighted by molar-refractivity contribution is 6.18. The summed E-state index contributed by atoms with van der Waals surface area (Å²) in [6, 6.07) is 63.1. The number of aromatic nitrogens is 5. The van der Waals surface area contributed by atoms with Gasteiger partial charge < -0.3 is 0 Å². The zero-order valence-corrected chi connectivity index (χ0v) is 29.0. The second-order valence-corrected chi connectivity index (χ2v) is 13.2. The minimum atomic E-state index is -0.113. The first kappa shape index (κ1) is 31.3. The van der Waals surface area contributed by atoms with E-state index in [-0.39, 0.29) is 5.56 Å². The van der Waals surface area contributed by atoms with Gasteiger partial charge in [0.1, 0.15) is 0 Å². The van der Waals surface area contributed by atoms with Gasteiger partial charge in [-0.1, -0.05) is 152 Å². The highest BCUT2D eigenvalue weighted by atomic mass is 16.1. The Morgan fingerprint density at radius 2 is 0.870 bits per heavy atom. The first-order valence-electron chi connectivity index (χ1n) is 17.9. The van der Waals surface area contributed by atoms with E-state index in [0.29, 0.717) is 23.0 Å². The Kier molecular flexibility index (Phi) is 7.51. The molecular weight excluding hydrogens is 663 g/mol. The molecule has 7 aromatic carbocycles. The zero-order chi connectivity index (χ0) is 36.0. The molecule has 0 fully saturated rings. The number of pyridine rings is 1. The van der Waals surface area contributed by atoms with Gasteiger partial charge in [0.05, 0.1) is 21.9 Å². The zero-order valence-electron chi connectivity index (χ0n) is 29.0. The first-order chi connectivity index (χ1) is 26.7. The van der Waals surface area contributed by atoms with Crippen LogP contribution in [0.2, 0.25) is 0 Å². The second-order valence-electron chi connectivity index (χ2n) is 13.2. The molecule has 3 aromatic heterocycles. The Bertz CT molecular complexity index is 2990. The van der Waals surface area contributed by atoms with E-state index in [4.69, 9.17) is 15.0 Å². The molecule has 0 saturated carbocycles. The molecule has 0 amide bonds. The van der Waals surface area contributed by atoms with Gasteiger partial charge in [-0.15, -0.1) is 0 Å². The molecule has 0 radical (unpaired) electrons. The summed E-state index contributed by atoms with van der Waals surface area (Å²) in [6.45, 7) is 0. The van der Waals surface area contributed by atoms with Crippen molar-refractivity contribution in [3.63, 3.8) is 0 Å². The van der Waals surface area contributed by atoms with Gasteiger partial charge in [0.15, 0.2) is 11.6 Å². The van der Waals surface area contributed by atoms with Crippen LogP contribution in [-0.4, -0.2) is 24.1 Å². The summed E-state index contributed by atoms with van der Waals surface area (Å²) >= 11 is 0. The molecule has 0 aliphatic heterocycles. The summed E-state index contributed by atoms with van der Waals surface area (Å²) < 4.78 is 3.88. The average Bonchev–Trinajstić information content (AvgIpc) is 3.61. The number of nitrogens with zero attached hydrogens (tertiary/aromatic N) is 5. The van der Waals surface area contributed by atoms with Crippen molar-refractivity contribution >= 4 is 32.7 Å². The molecule has 6 heteroatoms. The number of hydrogen-bond acceptors (Lipinski definition) is 4. The summed E-state index contributed by atoms with van der Waals surface area (Å²) in [4.78, 5) is 30.3. The van der Waals surface area contributed by atoms with Gasteiger partial charge in [-0.3, -0.25) is 13.9 Å². The molecule has 0 aliphatic rings. The molecule has 0 aliphatic carbocycles. The van der Waals surface area contributed by atoms with Gasteiger partial charge in [-0.25, -0.2) is 4.98 Å². The third kappa shape index (κ3) is 5.28. The summed E-state index contributed by atoms with van der Waals surface area (Å²) in [5.74, 6) is 1.53. The maximum atomic E-state index is 15.0. The fourth-order valence-corrected chi connectivity index (χ4v) is 7.48. The molecule has 0 spiro atoms. The molecule has 54 heavy (non-hydrogen) atoms. The Labute approximate surface area is 310 Å². The van der Waals surface area contributed by atoms with Crippen molar-refractivity contribution in [1.29, 1.82) is 0 Å². The van der Waals surface area contributed by atoms with Gasteiger partial charge in [0, 0.05) is 27.6 Å². The minimum Gasteiger partial charge on any atom is -0.277 e. The lowest BCUT2D eigenvalue weighted by atomic mass is 9.97. The van der Waals surface area contributed by atoms with Crippen LogP contribution in [-0.2, 0) is 0 Å². The van der Waals surface area contributed by atoms with E-state index in [1.165, 1.54) is 0 Å². The molecule has 0 N–H and O–H groups in total. The van der Waals surface area contributed by atoms with Crippen molar-refractivity contribution in [3.8, 4) is 56.7 Å². The van der Waals surface area contributed by atoms with Crippen molar-refractivity contribution in [2.75, 3.05) is 0 Å². The largest absolute Gasteiger partial charge is 0.277 e. The van der Waals surface area contributed by atoms with Crippen LogP contribution in [0.5, 0.6) is 0 Å². The van der Waals surface area contributed by atoms with Gasteiger partial charge in [-0.2, -0.15) is 9.97 Å². The molecule has 0 unspecified atom stereocenters. The quantitative estimate of drug-likeness (QED) is 0.174. The molecular formula is C48H31N5O. The minimum absolute atomic E-state index is 0.113. The highest BCUT2D eigenvalue weighted by Gasteiger charge is 2.24. The topological polar surface area (TPSA) is 65.6 Å². The molecule has 6 nitrogen and oxygen atoms in total. The SMILES string of the molecule is O=c1c2c3ccccc3n(-c3nc(-c4ccccc4)nc(-c4ccccc4)n3)c2c2cc(-c3cccc(-c4ccccc4)c3)ccc2n1-c1ccccc1. The van der Waals surface area contributed by atoms with Crippen LogP contribution in [0.15, 0.2) is 193 Å². The van der Waals surface area contributed by atoms with E-state index >= 15 is 4.79 Å². The van der Waals surface area contributed by atoms with Crippen LogP contribution in [0.1, 0.15) is 0 Å². The lowest BCUT2D eigenvalue weighted by molar-refractivity contribution is 0.953. The molecule has 0 atom stereocenters. The number of hydrogen-bond donors (Lipinski definition) is 0. The smallest absolute Gasteiger partial charge is 0.265 e. The third-order valence-electron chi connectivity index (χ3n) is 9.99. The van der Waals surface area contributed by atoms with Gasteiger partial charge in [-0.05, 0) is 58.7 Å². The van der Waals surface area contributed by atoms with E-state index in [1.807, 2.05) is 126 Å². The molecule has 10 rings (SSSR count). The Morgan fingerprint density at radius 1 is 0.370 bits per heavy atom. The van der Waals surface area contributed by atoms with Crippen molar-refractivity contribution in [2.45, 2.75) is 0 Å². The monoisotopic (exact) mass is 693 g/mol. The van der Waals surface area contributed by atoms with Crippen LogP contribution in [0.4, 0.5) is 0 Å². The predicted molar refractivity (Wildman–Crippen MR) is 219 cm³/mol. The Hall–Kier alpha value is -7.44. The van der Waals surface area contributed by atoms with Crippen molar-refractivity contribution in [2.24, 2.45) is 0 Å². The molecule has 0 saturated heterocycles. The van der Waals surface area contributed by atoms with Gasteiger partial charge >= 0.3 is 0 Å². The standard InChI is InChI=1S/C48H31N5O/c54-47-43-39-26-13-14-27-41(39)53(48-50-45(33-18-7-2-8-19-33)49-46(51-48)34-20-9-3-10-21-34)44(43)40-31-37(28-29-42(40)52(47)38-24-11-4-12-25-38)36-23-15-22-35(30-36)32-16-5-1-6-17-32/h1-31H. The maximum absolute atomic E-state index is 15.0. The molecule has 0 bridgehead atoms. The van der Waals surface area contributed by atoms with Crippen molar-refractivity contribution in [3.05, 3.63) is 198 Å². The number of fused-ring (bicyclic) bond motifs is 5. The van der Waals surface area contributed by atoms with E-state index < -0.39 is 0 Å². The summed E-state index contributed by atoms with van der Waals surface area (Å²) in [6.07, 6.45) is 0. The number of rotatable bonds is 6. The summed E-state index contributed by atoms with van der Waals surface area (Å²) in [5.41, 5.74) is 9.17. The van der Waals surface area contributed by atoms with Crippen LogP contribution in [0.3, 0.4) is 0 Å². The number of benzene rings is 7. The van der Waals surface area contributed by atoms with Crippen molar-refractivity contribution in [1.82, 2.24) is 24.1 Å².